The van der Waals surface area contributed by atoms with Gasteiger partial charge < -0.3 is 4.74 Å². The third kappa shape index (κ3) is 3.96. The van der Waals surface area contributed by atoms with Gasteiger partial charge >= 0.3 is 0 Å². The fraction of sp³-hybridized carbons (Fsp3) is 1.00. The molecule has 0 bridgehead atoms. The van der Waals surface area contributed by atoms with Crippen LogP contribution in [-0.4, -0.2) is 18.0 Å². The van der Waals surface area contributed by atoms with E-state index in [0.717, 1.165) is 11.9 Å². The molecule has 2 heteroatoms. The molecule has 0 aromatic rings. The summed E-state index contributed by atoms with van der Waals surface area (Å²) in [6.07, 6.45) is 12.7. The van der Waals surface area contributed by atoms with Crippen LogP contribution >= 0.6 is 15.9 Å². The molecule has 1 nitrogen and oxygen atoms in total. The topological polar surface area (TPSA) is 9.23 Å². The molecular weight excluding hydrogens is 288 g/mol. The van der Waals surface area contributed by atoms with E-state index in [9.17, 15) is 0 Å². The van der Waals surface area contributed by atoms with E-state index in [1.165, 1.54) is 57.8 Å². The Bertz CT molecular complexity index is 246. The van der Waals surface area contributed by atoms with Gasteiger partial charge in [-0.15, -0.1) is 0 Å². The highest BCUT2D eigenvalue weighted by molar-refractivity contribution is 9.09. The Morgan fingerprint density at radius 3 is 2.17 bits per heavy atom. The molecule has 2 aliphatic carbocycles. The summed E-state index contributed by atoms with van der Waals surface area (Å²) in [4.78, 5) is 0. The lowest BCUT2D eigenvalue weighted by Crippen LogP contribution is -2.35. The predicted molar refractivity (Wildman–Crippen MR) is 81.3 cm³/mol. The molecule has 0 heterocycles. The maximum Gasteiger partial charge on any atom is 0.0575 e. The molecule has 0 N–H and O–H groups in total. The predicted octanol–water partition coefficient (Wildman–Crippen LogP) is 5.32. The zero-order valence-electron chi connectivity index (χ0n) is 12.1. The summed E-state index contributed by atoms with van der Waals surface area (Å²) >= 11 is 3.73. The van der Waals surface area contributed by atoms with Crippen molar-refractivity contribution in [3.8, 4) is 0 Å². The standard InChI is InChI=1S/C16H29BrO/c1-15(2)10-6-14(7-11-15)18-13-16(12-17)8-4-3-5-9-16/h14H,3-13H2,1-2H3. The summed E-state index contributed by atoms with van der Waals surface area (Å²) in [6.45, 7) is 5.78. The van der Waals surface area contributed by atoms with Crippen LogP contribution in [0.25, 0.3) is 0 Å². The highest BCUT2D eigenvalue weighted by Gasteiger charge is 2.33. The fourth-order valence-electron chi connectivity index (χ4n) is 3.45. The molecule has 0 radical (unpaired) electrons. The van der Waals surface area contributed by atoms with Gasteiger partial charge in [0.15, 0.2) is 0 Å². The highest BCUT2D eigenvalue weighted by atomic mass is 79.9. The molecular formula is C16H29BrO. The van der Waals surface area contributed by atoms with Crippen molar-refractivity contribution in [3.63, 3.8) is 0 Å². The minimum absolute atomic E-state index is 0.450. The van der Waals surface area contributed by atoms with E-state index < -0.39 is 0 Å². The zero-order chi connectivity index (χ0) is 13.1. The van der Waals surface area contributed by atoms with Gasteiger partial charge in [-0.1, -0.05) is 49.0 Å². The SMILES string of the molecule is CC1(C)CCC(OCC2(CBr)CCCCC2)CC1. The van der Waals surface area contributed by atoms with E-state index in [1.54, 1.807) is 0 Å². The second kappa shape index (κ2) is 6.26. The Morgan fingerprint density at radius 1 is 1.00 bits per heavy atom. The summed E-state index contributed by atoms with van der Waals surface area (Å²) < 4.78 is 6.28. The molecule has 18 heavy (non-hydrogen) atoms. The Balaban J connectivity index is 1.76. The number of hydrogen-bond donors (Lipinski definition) is 0. The largest absolute Gasteiger partial charge is 0.378 e. The summed E-state index contributed by atoms with van der Waals surface area (Å²) in [5.74, 6) is 0. The van der Waals surface area contributed by atoms with Crippen molar-refractivity contribution in [1.82, 2.24) is 0 Å². The van der Waals surface area contributed by atoms with Crippen LogP contribution < -0.4 is 0 Å². The number of alkyl halides is 1. The van der Waals surface area contributed by atoms with E-state index in [-0.39, 0.29) is 0 Å². The van der Waals surface area contributed by atoms with E-state index in [0.29, 0.717) is 16.9 Å². The first-order valence-corrected chi connectivity index (χ1v) is 8.85. The maximum atomic E-state index is 6.28. The third-order valence-corrected chi connectivity index (χ3v) is 6.30. The lowest BCUT2D eigenvalue weighted by Gasteiger charge is -2.39. The number of ether oxygens (including phenoxy) is 1. The van der Waals surface area contributed by atoms with Gasteiger partial charge in [-0.3, -0.25) is 0 Å². The smallest absolute Gasteiger partial charge is 0.0575 e. The molecule has 0 amide bonds. The van der Waals surface area contributed by atoms with Crippen molar-refractivity contribution in [1.29, 1.82) is 0 Å². The van der Waals surface area contributed by atoms with Crippen LogP contribution in [-0.2, 0) is 4.74 Å². The average Bonchev–Trinajstić information content (AvgIpc) is 2.39. The van der Waals surface area contributed by atoms with E-state index in [1.807, 2.05) is 0 Å². The molecule has 0 atom stereocenters. The van der Waals surface area contributed by atoms with Crippen molar-refractivity contribution >= 4 is 15.9 Å². The van der Waals surface area contributed by atoms with Crippen LogP contribution in [0.4, 0.5) is 0 Å². The second-order valence-corrected chi connectivity index (χ2v) is 7.93. The minimum atomic E-state index is 0.450. The first kappa shape index (κ1) is 14.8. The summed E-state index contributed by atoms with van der Waals surface area (Å²) in [7, 11) is 0. The molecule has 0 spiro atoms. The van der Waals surface area contributed by atoms with Crippen molar-refractivity contribution in [3.05, 3.63) is 0 Å². The Morgan fingerprint density at radius 2 is 1.61 bits per heavy atom. The normalized spacial score (nSPS) is 28.2. The second-order valence-electron chi connectivity index (χ2n) is 7.37. The van der Waals surface area contributed by atoms with Crippen LogP contribution in [0, 0.1) is 10.8 Å². The zero-order valence-corrected chi connectivity index (χ0v) is 13.7. The van der Waals surface area contributed by atoms with Crippen LogP contribution in [0.3, 0.4) is 0 Å². The van der Waals surface area contributed by atoms with Gasteiger partial charge in [0.05, 0.1) is 12.7 Å². The van der Waals surface area contributed by atoms with Crippen molar-refractivity contribution < 1.29 is 4.74 Å². The third-order valence-electron chi connectivity index (χ3n) is 5.11. The molecule has 2 rings (SSSR count). The number of hydrogen-bond acceptors (Lipinski definition) is 1. The fourth-order valence-corrected chi connectivity index (χ4v) is 4.18. The molecule has 0 saturated heterocycles. The van der Waals surface area contributed by atoms with Crippen LogP contribution in [0.5, 0.6) is 0 Å². The van der Waals surface area contributed by atoms with Gasteiger partial charge in [-0.05, 0) is 43.9 Å². The first-order valence-electron chi connectivity index (χ1n) is 7.73. The highest BCUT2D eigenvalue weighted by Crippen LogP contribution is 2.40. The quantitative estimate of drug-likeness (QED) is 0.638. The van der Waals surface area contributed by atoms with E-state index in [4.69, 9.17) is 4.74 Å². The number of halogens is 1. The summed E-state index contributed by atoms with van der Waals surface area (Å²) in [6, 6.07) is 0. The van der Waals surface area contributed by atoms with E-state index >= 15 is 0 Å². The molecule has 2 aliphatic rings. The Kier molecular flexibility index (Phi) is 5.16. The van der Waals surface area contributed by atoms with Crippen LogP contribution in [0.15, 0.2) is 0 Å². The summed E-state index contributed by atoms with van der Waals surface area (Å²) in [5, 5.41) is 1.12. The molecule has 0 unspecified atom stereocenters. The van der Waals surface area contributed by atoms with Gasteiger partial charge in [-0.2, -0.15) is 0 Å². The molecule has 0 aromatic carbocycles. The number of rotatable bonds is 4. The van der Waals surface area contributed by atoms with Crippen LogP contribution in [0.1, 0.15) is 71.6 Å². The molecule has 2 saturated carbocycles. The average molecular weight is 317 g/mol. The molecule has 0 aromatic heterocycles. The Hall–Kier alpha value is 0.440. The van der Waals surface area contributed by atoms with Gasteiger partial charge in [0.2, 0.25) is 0 Å². The monoisotopic (exact) mass is 316 g/mol. The van der Waals surface area contributed by atoms with E-state index in [2.05, 4.69) is 29.8 Å². The van der Waals surface area contributed by atoms with Crippen molar-refractivity contribution in [2.75, 3.05) is 11.9 Å². The Labute approximate surface area is 121 Å². The lowest BCUT2D eigenvalue weighted by atomic mass is 9.75. The van der Waals surface area contributed by atoms with Gasteiger partial charge in [0, 0.05) is 10.7 Å². The van der Waals surface area contributed by atoms with Gasteiger partial charge in [0.25, 0.3) is 0 Å². The minimum Gasteiger partial charge on any atom is -0.378 e. The van der Waals surface area contributed by atoms with Crippen molar-refractivity contribution in [2.24, 2.45) is 10.8 Å². The molecule has 106 valence electrons. The molecule has 0 aliphatic heterocycles. The summed E-state index contributed by atoms with van der Waals surface area (Å²) in [5.41, 5.74) is 1.00. The van der Waals surface area contributed by atoms with Crippen molar-refractivity contribution in [2.45, 2.75) is 77.7 Å². The lowest BCUT2D eigenvalue weighted by molar-refractivity contribution is -0.0429. The molecule has 2 fully saturated rings. The first-order chi connectivity index (χ1) is 8.55. The van der Waals surface area contributed by atoms with Gasteiger partial charge in [-0.25, -0.2) is 0 Å². The maximum absolute atomic E-state index is 6.28. The van der Waals surface area contributed by atoms with Gasteiger partial charge in [0.1, 0.15) is 0 Å². The van der Waals surface area contributed by atoms with Crippen LogP contribution in [0.2, 0.25) is 0 Å².